The maximum atomic E-state index is 12.1. The molecule has 0 atom stereocenters. The van der Waals surface area contributed by atoms with Crippen molar-refractivity contribution in [1.29, 1.82) is 0 Å². The van der Waals surface area contributed by atoms with E-state index in [0.29, 0.717) is 31.4 Å². The minimum Gasteiger partial charge on any atom is -0.507 e. The van der Waals surface area contributed by atoms with Crippen LogP contribution in [0.2, 0.25) is 0 Å². The molecule has 5 heteroatoms. The summed E-state index contributed by atoms with van der Waals surface area (Å²) in [7, 11) is -1.84. The van der Waals surface area contributed by atoms with Crippen molar-refractivity contribution in [1.82, 2.24) is 0 Å². The molecule has 4 nitrogen and oxygen atoms in total. The molecule has 1 N–H and O–H groups in total. The van der Waals surface area contributed by atoms with Crippen molar-refractivity contribution >= 4 is 8.60 Å². The molecule has 0 unspecified atom stereocenters. The highest BCUT2D eigenvalue weighted by atomic mass is 31.2. The number of rotatable bonds is 0. The summed E-state index contributed by atoms with van der Waals surface area (Å²) in [5.41, 5.74) is 13.2. The number of aromatic hydroxyl groups is 1. The van der Waals surface area contributed by atoms with E-state index in [-0.39, 0.29) is 21.7 Å². The Balaban J connectivity index is 1.61. The fourth-order valence-electron chi connectivity index (χ4n) is 7.26. The molecule has 0 saturated carbocycles. The van der Waals surface area contributed by atoms with E-state index in [1.807, 2.05) is 0 Å². The van der Waals surface area contributed by atoms with E-state index >= 15 is 0 Å². The topological polar surface area (TPSA) is 47.9 Å². The van der Waals surface area contributed by atoms with E-state index < -0.39 is 8.60 Å². The zero-order chi connectivity index (χ0) is 35.4. The Morgan fingerprint density at radius 3 is 0.816 bits per heavy atom. The molecule has 49 heavy (non-hydrogen) atoms. The van der Waals surface area contributed by atoms with Crippen LogP contribution in [0.15, 0.2) is 48.5 Å². The number of benzene rings is 4. The van der Waals surface area contributed by atoms with Crippen LogP contribution < -0.4 is 13.6 Å². The third-order valence-electron chi connectivity index (χ3n) is 10.5. The quantitative estimate of drug-likeness (QED) is 0.166. The third kappa shape index (κ3) is 6.35. The molecule has 3 heterocycles. The Kier molecular flexibility index (Phi) is 7.81. The van der Waals surface area contributed by atoms with Crippen LogP contribution in [0.1, 0.15) is 150 Å². The molecule has 0 spiro atoms. The van der Waals surface area contributed by atoms with Crippen LogP contribution in [-0.2, 0) is 47.3 Å². The first-order valence-electron chi connectivity index (χ1n) is 17.8. The lowest BCUT2D eigenvalue weighted by Crippen LogP contribution is -2.20. The van der Waals surface area contributed by atoms with Gasteiger partial charge in [0, 0.05) is 25.7 Å². The second-order valence-electron chi connectivity index (χ2n) is 18.7. The van der Waals surface area contributed by atoms with Gasteiger partial charge in [-0.1, -0.05) is 132 Å². The van der Waals surface area contributed by atoms with Crippen molar-refractivity contribution in [3.8, 4) is 23.0 Å². The lowest BCUT2D eigenvalue weighted by Gasteiger charge is -2.33. The second kappa shape index (κ2) is 11.3. The van der Waals surface area contributed by atoms with Crippen molar-refractivity contribution in [2.75, 3.05) is 0 Å². The van der Waals surface area contributed by atoms with E-state index in [1.54, 1.807) is 0 Å². The second-order valence-corrected chi connectivity index (χ2v) is 19.7. The summed E-state index contributed by atoms with van der Waals surface area (Å²) in [5, 5.41) is 12.1. The summed E-state index contributed by atoms with van der Waals surface area (Å²) in [5.74, 6) is 2.87. The van der Waals surface area contributed by atoms with E-state index in [1.165, 1.54) is 33.4 Å². The Labute approximate surface area is 295 Å². The van der Waals surface area contributed by atoms with Crippen molar-refractivity contribution in [2.24, 2.45) is 0 Å². The molecule has 3 aliphatic rings. The Bertz CT molecular complexity index is 1870. The average Bonchev–Trinajstić information content (AvgIpc) is 2.94. The SMILES string of the molecule is CC(C)(C)c1cc2c(O)c(c1)Cc1cc(C(C)(C)C)cc3c1OP1Oc4c(cc(C(C)(C)C)cc4Cc4cc(C(C)(C)C)cc(c4O1)C3)C2. The van der Waals surface area contributed by atoms with Crippen molar-refractivity contribution < 1.29 is 18.7 Å². The number of phenols is 1. The van der Waals surface area contributed by atoms with Crippen molar-refractivity contribution in [3.63, 3.8) is 0 Å². The molecule has 0 aromatic heterocycles. The van der Waals surface area contributed by atoms with Crippen LogP contribution in [0, 0.1) is 0 Å². The van der Waals surface area contributed by atoms with Gasteiger partial charge in [0.25, 0.3) is 0 Å². The van der Waals surface area contributed by atoms with Crippen LogP contribution in [-0.4, -0.2) is 5.11 Å². The zero-order valence-corrected chi connectivity index (χ0v) is 32.5. The lowest BCUT2D eigenvalue weighted by molar-refractivity contribution is 0.370. The highest BCUT2D eigenvalue weighted by molar-refractivity contribution is 7.43. The van der Waals surface area contributed by atoms with Gasteiger partial charge < -0.3 is 18.7 Å². The molecule has 0 amide bonds. The summed E-state index contributed by atoms with van der Waals surface area (Å²) in [6.45, 7) is 27.2. The van der Waals surface area contributed by atoms with Gasteiger partial charge in [-0.3, -0.25) is 0 Å². The van der Waals surface area contributed by atoms with Gasteiger partial charge in [-0.05, 0) is 88.4 Å². The van der Waals surface area contributed by atoms with Gasteiger partial charge in [-0.25, -0.2) is 0 Å². The summed E-state index contributed by atoms with van der Waals surface area (Å²) in [4.78, 5) is 0. The number of fused-ring (bicyclic) bond motifs is 2. The van der Waals surface area contributed by atoms with Crippen LogP contribution in [0.5, 0.6) is 23.0 Å². The molecule has 0 fully saturated rings. The predicted molar refractivity (Wildman–Crippen MR) is 202 cm³/mol. The highest BCUT2D eigenvalue weighted by Crippen LogP contribution is 2.55. The van der Waals surface area contributed by atoms with E-state index in [2.05, 4.69) is 132 Å². The van der Waals surface area contributed by atoms with Gasteiger partial charge in [0.05, 0.1) is 0 Å². The Morgan fingerprint density at radius 2 is 0.592 bits per heavy atom. The maximum Gasteiger partial charge on any atom is 0.530 e. The highest BCUT2D eigenvalue weighted by Gasteiger charge is 2.36. The number of hydrogen-bond acceptors (Lipinski definition) is 4. The standard InChI is InChI=1S/C44H53O4P/c1-41(2,3)33-17-25-13-27-19-34(42(4,5)6)21-29-15-31-23-36(44(10,11)12)24-32-16-30-22-35(43(7,8)9)20-28(14-26(18-33)37(25)45)39(30)47-49(46-38(27)29)48-40(31)32/h17-24,45H,13-16H2,1-12H3. The molecule has 6 bridgehead atoms. The zero-order valence-electron chi connectivity index (χ0n) is 31.6. The fraction of sp³-hybridized carbons (Fsp3) is 0.455. The molecule has 4 aromatic carbocycles. The van der Waals surface area contributed by atoms with E-state index in [4.69, 9.17) is 13.6 Å². The van der Waals surface area contributed by atoms with Gasteiger partial charge in [-0.2, -0.15) is 0 Å². The summed E-state index contributed by atoms with van der Waals surface area (Å²) in [6.07, 6.45) is 2.44. The summed E-state index contributed by atoms with van der Waals surface area (Å²) < 4.78 is 20.9. The molecular formula is C44H53O4P. The van der Waals surface area contributed by atoms with Crippen LogP contribution >= 0.6 is 8.60 Å². The lowest BCUT2D eigenvalue weighted by atomic mass is 9.79. The van der Waals surface area contributed by atoms with E-state index in [9.17, 15) is 5.11 Å². The molecule has 258 valence electrons. The van der Waals surface area contributed by atoms with Crippen LogP contribution in [0.25, 0.3) is 0 Å². The van der Waals surface area contributed by atoms with Crippen LogP contribution in [0.4, 0.5) is 0 Å². The fourth-order valence-corrected chi connectivity index (χ4v) is 8.53. The van der Waals surface area contributed by atoms with Gasteiger partial charge in [0.1, 0.15) is 23.0 Å². The Hall–Kier alpha value is -3.49. The first-order chi connectivity index (χ1) is 22.6. The number of hydrogen-bond donors (Lipinski definition) is 1. The van der Waals surface area contributed by atoms with Crippen LogP contribution in [0.3, 0.4) is 0 Å². The Morgan fingerprint density at radius 1 is 0.388 bits per heavy atom. The molecule has 7 rings (SSSR count). The normalized spacial score (nSPS) is 15.9. The van der Waals surface area contributed by atoms with Crippen molar-refractivity contribution in [3.05, 3.63) is 115 Å². The summed E-state index contributed by atoms with van der Waals surface area (Å²) in [6, 6.07) is 18.3. The molecule has 0 aliphatic carbocycles. The minimum absolute atomic E-state index is 0.0393. The predicted octanol–water partition coefficient (Wildman–Crippen LogP) is 11.6. The summed E-state index contributed by atoms with van der Waals surface area (Å²) >= 11 is 0. The maximum absolute atomic E-state index is 12.1. The first-order valence-corrected chi connectivity index (χ1v) is 18.9. The molecule has 3 aliphatic heterocycles. The largest absolute Gasteiger partial charge is 0.530 e. The van der Waals surface area contributed by atoms with Gasteiger partial charge >= 0.3 is 8.60 Å². The van der Waals surface area contributed by atoms with Gasteiger partial charge in [0.2, 0.25) is 0 Å². The van der Waals surface area contributed by atoms with Gasteiger partial charge in [0.15, 0.2) is 0 Å². The first kappa shape index (κ1) is 34.0. The molecule has 0 saturated heterocycles. The van der Waals surface area contributed by atoms with E-state index in [0.717, 1.165) is 50.6 Å². The average molecular weight is 677 g/mol. The number of phenolic OH excluding ortho intramolecular Hbond substituents is 1. The molecule has 0 radical (unpaired) electrons. The van der Waals surface area contributed by atoms with Crippen molar-refractivity contribution in [2.45, 2.75) is 130 Å². The molecule has 4 aromatic rings. The van der Waals surface area contributed by atoms with Gasteiger partial charge in [-0.15, -0.1) is 0 Å². The third-order valence-corrected chi connectivity index (χ3v) is 11.5. The molecular weight excluding hydrogens is 623 g/mol. The minimum atomic E-state index is -1.84. The smallest absolute Gasteiger partial charge is 0.507 e. The monoisotopic (exact) mass is 676 g/mol.